The lowest BCUT2D eigenvalue weighted by Gasteiger charge is -1.98. The van der Waals surface area contributed by atoms with E-state index in [4.69, 9.17) is 13.9 Å². The van der Waals surface area contributed by atoms with E-state index < -0.39 is 0 Å². The summed E-state index contributed by atoms with van der Waals surface area (Å²) in [5.41, 5.74) is 0. The number of nitrogens with one attached hydrogen (secondary N) is 1. The summed E-state index contributed by atoms with van der Waals surface area (Å²) < 4.78 is 15.1. The van der Waals surface area contributed by atoms with Gasteiger partial charge < -0.3 is 19.2 Å². The summed E-state index contributed by atoms with van der Waals surface area (Å²) in [5, 5.41) is 2.61. The summed E-state index contributed by atoms with van der Waals surface area (Å²) in [6.45, 7) is 2.53. The Hall–Kier alpha value is -1.65. The molecule has 0 saturated carbocycles. The summed E-state index contributed by atoms with van der Waals surface area (Å²) >= 11 is 0. The van der Waals surface area contributed by atoms with Gasteiger partial charge in [0.1, 0.15) is 6.26 Å². The molecule has 1 aliphatic heterocycles. The number of fused-ring (bicyclic) bond motifs is 1. The van der Waals surface area contributed by atoms with Crippen LogP contribution in [0.4, 0.5) is 0 Å². The van der Waals surface area contributed by atoms with Crippen LogP contribution in [0.5, 0.6) is 11.5 Å². The Morgan fingerprint density at radius 3 is 3.23 bits per heavy atom. The van der Waals surface area contributed by atoms with Gasteiger partial charge >= 0.3 is 0 Å². The standard InChI is InChI=1S/C8H9NO4/c1-2-9-8(10)7-6-5(3-11-7)12-4-13-6/h3H,2,4H2,1H3,(H,9,10). The maximum atomic E-state index is 11.3. The van der Waals surface area contributed by atoms with E-state index in [1.807, 2.05) is 6.92 Å². The van der Waals surface area contributed by atoms with E-state index in [0.29, 0.717) is 18.0 Å². The van der Waals surface area contributed by atoms with Crippen LogP contribution in [0, 0.1) is 0 Å². The molecule has 0 radical (unpaired) electrons. The third kappa shape index (κ3) is 1.22. The summed E-state index contributed by atoms with van der Waals surface area (Å²) in [5.74, 6) is 0.774. The molecule has 5 heteroatoms. The van der Waals surface area contributed by atoms with Gasteiger partial charge in [0, 0.05) is 6.54 Å². The first-order valence-electron chi connectivity index (χ1n) is 3.98. The van der Waals surface area contributed by atoms with Gasteiger partial charge in [-0.1, -0.05) is 0 Å². The van der Waals surface area contributed by atoms with Crippen LogP contribution < -0.4 is 14.8 Å². The smallest absolute Gasteiger partial charge is 0.291 e. The van der Waals surface area contributed by atoms with E-state index in [2.05, 4.69) is 5.32 Å². The fraction of sp³-hybridized carbons (Fsp3) is 0.375. The number of hydrogen-bond donors (Lipinski definition) is 1. The predicted octanol–water partition coefficient (Wildman–Crippen LogP) is 0.758. The fourth-order valence-electron chi connectivity index (χ4n) is 1.12. The Morgan fingerprint density at radius 2 is 2.46 bits per heavy atom. The van der Waals surface area contributed by atoms with Crippen LogP contribution in [-0.2, 0) is 0 Å². The van der Waals surface area contributed by atoms with E-state index in [1.165, 1.54) is 6.26 Å². The predicted molar refractivity (Wildman–Crippen MR) is 42.8 cm³/mol. The molecule has 1 N–H and O–H groups in total. The molecule has 70 valence electrons. The lowest BCUT2D eigenvalue weighted by molar-refractivity contribution is 0.0916. The van der Waals surface area contributed by atoms with Gasteiger partial charge in [0.15, 0.2) is 0 Å². The fourth-order valence-corrected chi connectivity index (χ4v) is 1.12. The first kappa shape index (κ1) is 7.97. The van der Waals surface area contributed by atoms with Crippen molar-refractivity contribution < 1.29 is 18.7 Å². The monoisotopic (exact) mass is 183 g/mol. The van der Waals surface area contributed by atoms with Crippen LogP contribution in [0.1, 0.15) is 17.5 Å². The molecule has 0 atom stereocenters. The maximum Gasteiger partial charge on any atom is 0.291 e. The van der Waals surface area contributed by atoms with Crippen molar-refractivity contribution in [1.29, 1.82) is 0 Å². The molecule has 1 aromatic rings. The van der Waals surface area contributed by atoms with Crippen molar-refractivity contribution >= 4 is 5.91 Å². The quantitative estimate of drug-likeness (QED) is 0.735. The van der Waals surface area contributed by atoms with Gasteiger partial charge in [0.2, 0.25) is 24.1 Å². The average Bonchev–Trinajstić information content (AvgIpc) is 2.62. The highest BCUT2D eigenvalue weighted by Gasteiger charge is 2.26. The molecule has 5 nitrogen and oxygen atoms in total. The van der Waals surface area contributed by atoms with Gasteiger partial charge in [-0.25, -0.2) is 0 Å². The van der Waals surface area contributed by atoms with E-state index in [9.17, 15) is 4.79 Å². The van der Waals surface area contributed by atoms with E-state index in [-0.39, 0.29) is 18.5 Å². The number of rotatable bonds is 2. The van der Waals surface area contributed by atoms with Crippen LogP contribution >= 0.6 is 0 Å². The Labute approximate surface area is 74.6 Å². The largest absolute Gasteiger partial charge is 0.451 e. The highest BCUT2D eigenvalue weighted by atomic mass is 16.7. The Kier molecular flexibility index (Phi) is 1.84. The second kappa shape index (κ2) is 3.01. The van der Waals surface area contributed by atoms with Crippen molar-refractivity contribution in [3.8, 4) is 11.5 Å². The van der Waals surface area contributed by atoms with E-state index >= 15 is 0 Å². The molecule has 1 aromatic heterocycles. The Balaban J connectivity index is 2.26. The molecule has 2 rings (SSSR count). The molecule has 0 saturated heterocycles. The van der Waals surface area contributed by atoms with Gasteiger partial charge in [-0.05, 0) is 6.92 Å². The van der Waals surface area contributed by atoms with Crippen molar-refractivity contribution in [1.82, 2.24) is 5.32 Å². The lowest BCUT2D eigenvalue weighted by atomic mass is 10.4. The van der Waals surface area contributed by atoms with Crippen LogP contribution in [0.25, 0.3) is 0 Å². The molecule has 1 aliphatic rings. The molecule has 0 fully saturated rings. The third-order valence-electron chi connectivity index (χ3n) is 1.68. The second-order valence-electron chi connectivity index (χ2n) is 2.52. The van der Waals surface area contributed by atoms with Crippen molar-refractivity contribution in [2.24, 2.45) is 0 Å². The first-order valence-corrected chi connectivity index (χ1v) is 3.98. The van der Waals surface area contributed by atoms with Crippen molar-refractivity contribution in [2.75, 3.05) is 13.3 Å². The van der Waals surface area contributed by atoms with Gasteiger partial charge in [0.05, 0.1) is 0 Å². The lowest BCUT2D eigenvalue weighted by Crippen LogP contribution is -2.22. The zero-order valence-corrected chi connectivity index (χ0v) is 7.12. The number of furan rings is 1. The van der Waals surface area contributed by atoms with Crippen LogP contribution in [-0.4, -0.2) is 19.2 Å². The Morgan fingerprint density at radius 1 is 1.62 bits per heavy atom. The normalized spacial score (nSPS) is 13.0. The number of carbonyl (C=O) groups excluding carboxylic acids is 1. The Bertz CT molecular complexity index is 331. The van der Waals surface area contributed by atoms with Crippen LogP contribution in [0.15, 0.2) is 10.7 Å². The van der Waals surface area contributed by atoms with Crippen molar-refractivity contribution in [3.05, 3.63) is 12.0 Å². The highest BCUT2D eigenvalue weighted by molar-refractivity contribution is 5.95. The zero-order chi connectivity index (χ0) is 9.26. The number of ether oxygens (including phenoxy) is 2. The van der Waals surface area contributed by atoms with Crippen LogP contribution in [0.3, 0.4) is 0 Å². The average molecular weight is 183 g/mol. The number of carbonyl (C=O) groups is 1. The van der Waals surface area contributed by atoms with Crippen molar-refractivity contribution in [2.45, 2.75) is 6.92 Å². The molecule has 0 spiro atoms. The molecule has 0 aromatic carbocycles. The topological polar surface area (TPSA) is 60.7 Å². The van der Waals surface area contributed by atoms with Gasteiger partial charge in [0.25, 0.3) is 5.91 Å². The SMILES string of the molecule is CCNC(=O)c1occ2c1OCO2. The molecular weight excluding hydrogens is 174 g/mol. The molecule has 0 bridgehead atoms. The van der Waals surface area contributed by atoms with Gasteiger partial charge in [-0.3, -0.25) is 4.79 Å². The summed E-state index contributed by atoms with van der Waals surface area (Å²) in [6, 6.07) is 0. The van der Waals surface area contributed by atoms with E-state index in [0.717, 1.165) is 0 Å². The molecule has 2 heterocycles. The minimum atomic E-state index is -0.283. The number of hydrogen-bond acceptors (Lipinski definition) is 4. The second-order valence-corrected chi connectivity index (χ2v) is 2.52. The molecular formula is C8H9NO4. The molecule has 0 aliphatic carbocycles. The molecule has 13 heavy (non-hydrogen) atoms. The minimum absolute atomic E-state index is 0.146. The summed E-state index contributed by atoms with van der Waals surface area (Å²) in [6.07, 6.45) is 1.37. The molecule has 1 amide bonds. The van der Waals surface area contributed by atoms with Crippen LogP contribution in [0.2, 0.25) is 0 Å². The van der Waals surface area contributed by atoms with E-state index in [1.54, 1.807) is 0 Å². The van der Waals surface area contributed by atoms with Crippen molar-refractivity contribution in [3.63, 3.8) is 0 Å². The highest BCUT2D eigenvalue weighted by Crippen LogP contribution is 2.37. The summed E-state index contributed by atoms with van der Waals surface area (Å²) in [7, 11) is 0. The molecule has 0 unspecified atom stereocenters. The maximum absolute atomic E-state index is 11.3. The first-order chi connectivity index (χ1) is 6.33. The summed E-state index contributed by atoms with van der Waals surface area (Å²) in [4.78, 5) is 11.3. The third-order valence-corrected chi connectivity index (χ3v) is 1.68. The zero-order valence-electron chi connectivity index (χ0n) is 7.12. The minimum Gasteiger partial charge on any atom is -0.451 e. The van der Waals surface area contributed by atoms with Gasteiger partial charge in [-0.2, -0.15) is 0 Å². The number of amides is 1. The van der Waals surface area contributed by atoms with Gasteiger partial charge in [-0.15, -0.1) is 0 Å².